The van der Waals surface area contributed by atoms with Gasteiger partial charge in [-0.25, -0.2) is 0 Å². The molecule has 5 rings (SSSR count). The van der Waals surface area contributed by atoms with Crippen molar-refractivity contribution in [2.24, 2.45) is 5.92 Å². The topological polar surface area (TPSA) is 102 Å². The van der Waals surface area contributed by atoms with Crippen LogP contribution in [0.4, 0.5) is 0 Å². The number of carbonyl (C=O) groups is 2. The molecular weight excluding hydrogens is 448 g/mol. The highest BCUT2D eigenvalue weighted by Gasteiger charge is 2.75. The first-order chi connectivity index (χ1) is 16.8. The van der Waals surface area contributed by atoms with E-state index in [0.29, 0.717) is 33.8 Å². The summed E-state index contributed by atoms with van der Waals surface area (Å²) in [6, 6.07) is 19.6. The molecule has 4 atom stereocenters. The van der Waals surface area contributed by atoms with E-state index < -0.39 is 34.6 Å². The van der Waals surface area contributed by atoms with Crippen LogP contribution in [-0.4, -0.2) is 43.3 Å². The van der Waals surface area contributed by atoms with Gasteiger partial charge in [0.25, 0.3) is 0 Å². The molecule has 0 heterocycles. The van der Waals surface area contributed by atoms with Crippen LogP contribution in [0.25, 0.3) is 0 Å². The molecule has 3 aromatic carbocycles. The standard InChI is InChI=1S/C28H26O7/c1-33-19-11-9-18(10-12-19)27-15-17-13-20(34-2)14-21(35-3)23(17)28(27,32)25(29)22(26(30)31)24(27)16-7-5-4-6-8-16/h4-14,22,24,32H,15H2,1-3H3,(H,30,31)/t22?,24-,27-,28+/m1/s1. The fourth-order valence-electron chi connectivity index (χ4n) is 6.24. The Labute approximate surface area is 202 Å². The number of fused-ring (bicyclic) bond motifs is 3. The number of carboxylic acid groups (broad SMARTS) is 1. The Morgan fingerprint density at radius 2 is 1.57 bits per heavy atom. The number of benzene rings is 3. The summed E-state index contributed by atoms with van der Waals surface area (Å²) in [5.41, 5.74) is -1.16. The molecule has 1 fully saturated rings. The van der Waals surface area contributed by atoms with Gasteiger partial charge in [-0.2, -0.15) is 0 Å². The van der Waals surface area contributed by atoms with Crippen LogP contribution in [0.1, 0.15) is 28.2 Å². The fraction of sp³-hybridized carbons (Fsp3) is 0.286. The van der Waals surface area contributed by atoms with Gasteiger partial charge in [0.15, 0.2) is 11.4 Å². The van der Waals surface area contributed by atoms with Gasteiger partial charge in [0.05, 0.1) is 21.3 Å². The minimum Gasteiger partial charge on any atom is -0.497 e. The van der Waals surface area contributed by atoms with Crippen LogP contribution in [0.5, 0.6) is 17.2 Å². The third kappa shape index (κ3) is 2.94. The average molecular weight is 475 g/mol. The number of carboxylic acids is 1. The molecule has 0 amide bonds. The summed E-state index contributed by atoms with van der Waals surface area (Å²) in [5, 5.41) is 22.8. The van der Waals surface area contributed by atoms with Crippen molar-refractivity contribution in [3.05, 3.63) is 89.0 Å². The van der Waals surface area contributed by atoms with Crippen molar-refractivity contribution in [3.63, 3.8) is 0 Å². The van der Waals surface area contributed by atoms with E-state index in [1.807, 2.05) is 30.3 Å². The predicted octanol–water partition coefficient (Wildman–Crippen LogP) is 3.46. The Bertz CT molecular complexity index is 1300. The quantitative estimate of drug-likeness (QED) is 0.528. The van der Waals surface area contributed by atoms with Crippen molar-refractivity contribution < 1.29 is 34.0 Å². The van der Waals surface area contributed by atoms with Crippen LogP contribution in [0.15, 0.2) is 66.7 Å². The molecule has 0 aliphatic heterocycles. The van der Waals surface area contributed by atoms with Gasteiger partial charge in [0.2, 0.25) is 0 Å². The van der Waals surface area contributed by atoms with Gasteiger partial charge >= 0.3 is 5.97 Å². The van der Waals surface area contributed by atoms with Crippen molar-refractivity contribution in [2.75, 3.05) is 21.3 Å². The van der Waals surface area contributed by atoms with Gasteiger partial charge in [-0.05, 0) is 41.3 Å². The number of hydrogen-bond acceptors (Lipinski definition) is 6. The van der Waals surface area contributed by atoms with E-state index in [9.17, 15) is 19.8 Å². The minimum atomic E-state index is -2.14. The molecule has 180 valence electrons. The summed E-state index contributed by atoms with van der Waals surface area (Å²) in [4.78, 5) is 26.7. The molecule has 0 aromatic heterocycles. The van der Waals surface area contributed by atoms with E-state index in [-0.39, 0.29) is 12.2 Å². The van der Waals surface area contributed by atoms with Crippen LogP contribution < -0.4 is 14.2 Å². The maximum absolute atomic E-state index is 14.1. The Kier molecular flexibility index (Phi) is 5.33. The number of carbonyl (C=O) groups excluding carboxylic acids is 1. The number of rotatable bonds is 6. The summed E-state index contributed by atoms with van der Waals surface area (Å²) in [6.07, 6.45) is 0.216. The number of ether oxygens (including phenoxy) is 3. The molecule has 35 heavy (non-hydrogen) atoms. The lowest BCUT2D eigenvalue weighted by molar-refractivity contribution is -0.150. The number of methoxy groups -OCH3 is 3. The maximum atomic E-state index is 14.1. The largest absolute Gasteiger partial charge is 0.497 e. The molecule has 7 nitrogen and oxygen atoms in total. The number of Topliss-reactive ketones (excluding diaryl/α,β-unsaturated/α-hetero) is 1. The Morgan fingerprint density at radius 1 is 0.914 bits per heavy atom. The molecule has 1 saturated carbocycles. The number of ketones is 1. The van der Waals surface area contributed by atoms with Crippen molar-refractivity contribution in [2.45, 2.75) is 23.4 Å². The van der Waals surface area contributed by atoms with Crippen molar-refractivity contribution in [1.29, 1.82) is 0 Å². The highest BCUT2D eigenvalue weighted by molar-refractivity contribution is 6.09. The summed E-state index contributed by atoms with van der Waals surface area (Å²) < 4.78 is 16.4. The second kappa shape index (κ2) is 8.13. The van der Waals surface area contributed by atoms with E-state index in [1.165, 1.54) is 14.2 Å². The predicted molar refractivity (Wildman–Crippen MR) is 127 cm³/mol. The fourth-order valence-corrected chi connectivity index (χ4v) is 6.24. The summed E-state index contributed by atoms with van der Waals surface area (Å²) in [5.74, 6) is -2.90. The van der Waals surface area contributed by atoms with Crippen molar-refractivity contribution >= 4 is 11.8 Å². The Morgan fingerprint density at radius 3 is 2.14 bits per heavy atom. The molecule has 0 radical (unpaired) electrons. The average Bonchev–Trinajstić information content (AvgIpc) is 3.26. The van der Waals surface area contributed by atoms with E-state index in [0.717, 1.165) is 0 Å². The zero-order valence-electron chi connectivity index (χ0n) is 19.6. The zero-order chi connectivity index (χ0) is 25.0. The second-order valence-electron chi connectivity index (χ2n) is 9.02. The van der Waals surface area contributed by atoms with Crippen LogP contribution >= 0.6 is 0 Å². The van der Waals surface area contributed by atoms with E-state index >= 15 is 0 Å². The van der Waals surface area contributed by atoms with Gasteiger partial charge < -0.3 is 24.4 Å². The number of hydrogen-bond donors (Lipinski definition) is 2. The van der Waals surface area contributed by atoms with Gasteiger partial charge in [-0.15, -0.1) is 0 Å². The molecular formula is C28H26O7. The third-order valence-electron chi connectivity index (χ3n) is 7.62. The molecule has 7 heteroatoms. The van der Waals surface area contributed by atoms with E-state index in [1.54, 1.807) is 43.5 Å². The van der Waals surface area contributed by atoms with Gasteiger partial charge in [-0.1, -0.05) is 42.5 Å². The molecule has 0 saturated heterocycles. The van der Waals surface area contributed by atoms with Crippen LogP contribution in [0.2, 0.25) is 0 Å². The first-order valence-corrected chi connectivity index (χ1v) is 11.3. The van der Waals surface area contributed by atoms with Gasteiger partial charge in [0, 0.05) is 23.0 Å². The molecule has 3 aromatic rings. The van der Waals surface area contributed by atoms with E-state index in [2.05, 4.69) is 0 Å². The lowest BCUT2D eigenvalue weighted by Gasteiger charge is -2.41. The van der Waals surface area contributed by atoms with E-state index in [4.69, 9.17) is 14.2 Å². The maximum Gasteiger partial charge on any atom is 0.314 e. The molecule has 0 spiro atoms. The highest BCUT2D eigenvalue weighted by Crippen LogP contribution is 2.68. The second-order valence-corrected chi connectivity index (χ2v) is 9.02. The van der Waals surface area contributed by atoms with Crippen LogP contribution in [-0.2, 0) is 27.0 Å². The lowest BCUT2D eigenvalue weighted by atomic mass is 9.62. The van der Waals surface area contributed by atoms with Gasteiger partial charge in [0.1, 0.15) is 23.2 Å². The molecule has 2 N–H and O–H groups in total. The smallest absolute Gasteiger partial charge is 0.314 e. The monoisotopic (exact) mass is 474 g/mol. The molecule has 2 aliphatic carbocycles. The van der Waals surface area contributed by atoms with Gasteiger partial charge in [-0.3, -0.25) is 9.59 Å². The third-order valence-corrected chi connectivity index (χ3v) is 7.62. The summed E-state index contributed by atoms with van der Waals surface area (Å²) >= 11 is 0. The normalized spacial score (nSPS) is 26.7. The Balaban J connectivity index is 1.89. The summed E-state index contributed by atoms with van der Waals surface area (Å²) in [7, 11) is 4.54. The number of aliphatic hydroxyl groups is 1. The number of aliphatic carboxylic acids is 1. The first kappa shape index (κ1) is 22.9. The lowest BCUT2D eigenvalue weighted by Crippen LogP contribution is -2.48. The van der Waals surface area contributed by atoms with Crippen LogP contribution in [0.3, 0.4) is 0 Å². The SMILES string of the molecule is COc1ccc([C@@]23Cc4cc(OC)cc(OC)c4[C@]2(O)C(=O)C(C(=O)O)[C@H]3c2ccccc2)cc1. The molecule has 2 aliphatic rings. The van der Waals surface area contributed by atoms with Crippen molar-refractivity contribution in [3.8, 4) is 17.2 Å². The molecule has 1 unspecified atom stereocenters. The Hall–Kier alpha value is -3.84. The minimum absolute atomic E-state index is 0.216. The zero-order valence-corrected chi connectivity index (χ0v) is 19.6. The highest BCUT2D eigenvalue weighted by atomic mass is 16.5. The molecule has 0 bridgehead atoms. The van der Waals surface area contributed by atoms with Crippen LogP contribution in [0, 0.1) is 5.92 Å². The summed E-state index contributed by atoms with van der Waals surface area (Å²) in [6.45, 7) is 0. The van der Waals surface area contributed by atoms with Crippen molar-refractivity contribution in [1.82, 2.24) is 0 Å². The first-order valence-electron chi connectivity index (χ1n) is 11.3.